The summed E-state index contributed by atoms with van der Waals surface area (Å²) in [6, 6.07) is 10.0. The molecule has 0 N–H and O–H groups in total. The molecule has 114 valence electrons. The van der Waals surface area contributed by atoms with Gasteiger partial charge in [-0.1, -0.05) is 115 Å². The maximum absolute atomic E-state index is 5.96. The molecule has 0 aliphatic rings. The van der Waals surface area contributed by atoms with Gasteiger partial charge in [0.2, 0.25) is 0 Å². The number of rotatable bonds is 3. The fraction of sp³-hybridized carbons (Fsp3) is 0. The maximum Gasteiger partial charge on any atom is 0.0686 e. The molecule has 0 aliphatic heterocycles. The highest BCUT2D eigenvalue weighted by molar-refractivity contribution is 6.50. The molecule has 0 nitrogen and oxygen atoms in total. The second-order valence-corrected chi connectivity index (χ2v) is 5.62. The standard InChI is InChI=1S/C10H6Cl4.C8H8/c1-3-5-7(11)9(13)6(4-2)10(14)8(5)12;1-2-8-6-4-3-5-7-8/h3-4H,1-2H2;2-7H,1H2. The van der Waals surface area contributed by atoms with Gasteiger partial charge < -0.3 is 0 Å². The van der Waals surface area contributed by atoms with Crippen LogP contribution in [0.4, 0.5) is 0 Å². The van der Waals surface area contributed by atoms with Crippen LogP contribution in [-0.4, -0.2) is 0 Å². The number of hydrogen-bond donors (Lipinski definition) is 0. The van der Waals surface area contributed by atoms with Crippen molar-refractivity contribution in [3.05, 3.63) is 86.8 Å². The van der Waals surface area contributed by atoms with E-state index in [2.05, 4.69) is 19.7 Å². The minimum atomic E-state index is 0.339. The molecule has 0 bridgehead atoms. The lowest BCUT2D eigenvalue weighted by molar-refractivity contribution is 1.61. The molecule has 2 aromatic rings. The average Bonchev–Trinajstić information content (AvgIpc) is 2.55. The van der Waals surface area contributed by atoms with Gasteiger partial charge >= 0.3 is 0 Å². The van der Waals surface area contributed by atoms with Crippen LogP contribution in [0.2, 0.25) is 20.1 Å². The third-order valence-corrected chi connectivity index (χ3v) is 4.54. The molecule has 0 saturated carbocycles. The Morgan fingerprint density at radius 1 is 0.591 bits per heavy atom. The molecule has 0 heterocycles. The molecule has 0 radical (unpaired) electrons. The van der Waals surface area contributed by atoms with Gasteiger partial charge in [0.15, 0.2) is 0 Å². The van der Waals surface area contributed by atoms with E-state index in [9.17, 15) is 0 Å². The Hall–Kier alpha value is -1.18. The molecule has 0 fully saturated rings. The van der Waals surface area contributed by atoms with E-state index in [1.807, 2.05) is 36.4 Å². The molecular formula is C18H14Cl4. The van der Waals surface area contributed by atoms with Gasteiger partial charge in [-0.15, -0.1) is 0 Å². The van der Waals surface area contributed by atoms with Crippen molar-refractivity contribution in [3.63, 3.8) is 0 Å². The normalized spacial score (nSPS) is 9.45. The van der Waals surface area contributed by atoms with Gasteiger partial charge in [-0.05, 0) is 5.56 Å². The van der Waals surface area contributed by atoms with Crippen LogP contribution < -0.4 is 0 Å². The Balaban J connectivity index is 0.000000255. The third kappa shape index (κ3) is 4.41. The molecule has 0 aliphatic carbocycles. The van der Waals surface area contributed by atoms with Gasteiger partial charge in [-0.2, -0.15) is 0 Å². The summed E-state index contributed by atoms with van der Waals surface area (Å²) >= 11 is 23.8. The number of benzene rings is 2. The Morgan fingerprint density at radius 3 is 1.18 bits per heavy atom. The molecular weight excluding hydrogens is 358 g/mol. The monoisotopic (exact) mass is 370 g/mol. The maximum atomic E-state index is 5.96. The lowest BCUT2D eigenvalue weighted by atomic mass is 10.1. The Labute approximate surface area is 151 Å². The summed E-state index contributed by atoms with van der Waals surface area (Å²) in [7, 11) is 0. The molecule has 0 atom stereocenters. The first kappa shape index (κ1) is 18.9. The fourth-order valence-corrected chi connectivity index (χ4v) is 2.80. The van der Waals surface area contributed by atoms with Crippen molar-refractivity contribution in [1.82, 2.24) is 0 Å². The number of hydrogen-bond acceptors (Lipinski definition) is 0. The zero-order chi connectivity index (χ0) is 16.7. The molecule has 22 heavy (non-hydrogen) atoms. The minimum absolute atomic E-state index is 0.339. The first-order chi connectivity index (χ1) is 10.5. The second kappa shape index (κ2) is 9.07. The molecule has 0 saturated heterocycles. The first-order valence-electron chi connectivity index (χ1n) is 6.26. The Kier molecular flexibility index (Phi) is 7.78. The Bertz CT molecular complexity index is 620. The summed E-state index contributed by atoms with van der Waals surface area (Å²) in [6.07, 6.45) is 4.85. The van der Waals surface area contributed by atoms with E-state index in [0.29, 0.717) is 31.2 Å². The van der Waals surface area contributed by atoms with Gasteiger partial charge in [0.05, 0.1) is 20.1 Å². The van der Waals surface area contributed by atoms with Crippen molar-refractivity contribution in [2.75, 3.05) is 0 Å². The zero-order valence-electron chi connectivity index (χ0n) is 11.8. The highest BCUT2D eigenvalue weighted by Crippen LogP contribution is 2.41. The van der Waals surface area contributed by atoms with E-state index >= 15 is 0 Å². The van der Waals surface area contributed by atoms with Crippen molar-refractivity contribution < 1.29 is 0 Å². The molecule has 0 aromatic heterocycles. The van der Waals surface area contributed by atoms with Crippen molar-refractivity contribution >= 4 is 64.6 Å². The predicted octanol–water partition coefficient (Wildman–Crippen LogP) is 7.92. The molecule has 2 rings (SSSR count). The smallest absolute Gasteiger partial charge is 0.0686 e. The van der Waals surface area contributed by atoms with E-state index in [1.54, 1.807) is 0 Å². The summed E-state index contributed by atoms with van der Waals surface area (Å²) in [6.45, 7) is 10.8. The minimum Gasteiger partial charge on any atom is -0.0985 e. The SMILES string of the molecule is C=Cc1c(Cl)c(Cl)c(C=C)c(Cl)c1Cl.C=Cc1ccccc1. The van der Waals surface area contributed by atoms with Gasteiger partial charge in [-0.3, -0.25) is 0 Å². The average molecular weight is 372 g/mol. The predicted molar refractivity (Wildman–Crippen MR) is 103 cm³/mol. The zero-order valence-corrected chi connectivity index (χ0v) is 14.8. The van der Waals surface area contributed by atoms with E-state index < -0.39 is 0 Å². The van der Waals surface area contributed by atoms with E-state index in [-0.39, 0.29) is 0 Å². The van der Waals surface area contributed by atoms with Crippen LogP contribution in [-0.2, 0) is 0 Å². The van der Waals surface area contributed by atoms with Gasteiger partial charge in [0.1, 0.15) is 0 Å². The van der Waals surface area contributed by atoms with Crippen LogP contribution >= 0.6 is 46.4 Å². The molecule has 0 unspecified atom stereocenters. The lowest BCUT2D eigenvalue weighted by Gasteiger charge is -2.10. The van der Waals surface area contributed by atoms with Crippen LogP contribution in [0.3, 0.4) is 0 Å². The number of halogens is 4. The topological polar surface area (TPSA) is 0 Å². The highest BCUT2D eigenvalue weighted by Gasteiger charge is 2.16. The van der Waals surface area contributed by atoms with Gasteiger partial charge in [0.25, 0.3) is 0 Å². The van der Waals surface area contributed by atoms with Crippen molar-refractivity contribution in [2.24, 2.45) is 0 Å². The van der Waals surface area contributed by atoms with E-state index in [4.69, 9.17) is 46.4 Å². The third-order valence-electron chi connectivity index (χ3n) is 2.77. The van der Waals surface area contributed by atoms with Gasteiger partial charge in [-0.25, -0.2) is 0 Å². The highest BCUT2D eigenvalue weighted by atomic mass is 35.5. The summed E-state index contributed by atoms with van der Waals surface area (Å²) < 4.78 is 0. The van der Waals surface area contributed by atoms with Crippen LogP contribution in [0.25, 0.3) is 18.2 Å². The molecule has 0 amide bonds. The summed E-state index contributed by atoms with van der Waals surface area (Å²) in [5.74, 6) is 0. The van der Waals surface area contributed by atoms with E-state index in [0.717, 1.165) is 0 Å². The fourth-order valence-electron chi connectivity index (χ4n) is 1.61. The van der Waals surface area contributed by atoms with Crippen LogP contribution in [0.5, 0.6) is 0 Å². The van der Waals surface area contributed by atoms with Crippen molar-refractivity contribution in [2.45, 2.75) is 0 Å². The molecule has 4 heteroatoms. The van der Waals surface area contributed by atoms with E-state index in [1.165, 1.54) is 17.7 Å². The molecule has 2 aromatic carbocycles. The van der Waals surface area contributed by atoms with Crippen LogP contribution in [0.1, 0.15) is 16.7 Å². The van der Waals surface area contributed by atoms with Crippen LogP contribution in [0, 0.1) is 0 Å². The van der Waals surface area contributed by atoms with Gasteiger partial charge in [0, 0.05) is 11.1 Å². The summed E-state index contributed by atoms with van der Waals surface area (Å²) in [5.41, 5.74) is 2.25. The van der Waals surface area contributed by atoms with Crippen LogP contribution in [0.15, 0.2) is 50.1 Å². The van der Waals surface area contributed by atoms with Crippen molar-refractivity contribution in [1.29, 1.82) is 0 Å². The van der Waals surface area contributed by atoms with Crippen molar-refractivity contribution in [3.8, 4) is 0 Å². The summed E-state index contributed by atoms with van der Waals surface area (Å²) in [5, 5.41) is 1.36. The largest absolute Gasteiger partial charge is 0.0985 e. The quantitative estimate of drug-likeness (QED) is 0.480. The Morgan fingerprint density at radius 2 is 0.955 bits per heavy atom. The lowest BCUT2D eigenvalue weighted by Crippen LogP contribution is -1.87. The first-order valence-corrected chi connectivity index (χ1v) is 7.77. The second-order valence-electron chi connectivity index (χ2n) is 4.11. The molecule has 0 spiro atoms. The summed E-state index contributed by atoms with van der Waals surface area (Å²) in [4.78, 5) is 0.